The molecule has 1 unspecified atom stereocenters. The van der Waals surface area contributed by atoms with Crippen molar-refractivity contribution in [3.8, 4) is 5.75 Å². The standard InChI is InChI=1S/C9H8ClNOS2/c1-5(10)13-9-11-7-3-2-6(12)4-8(7)14-9/h2-5,12H,1H3. The topological polar surface area (TPSA) is 33.1 Å². The maximum Gasteiger partial charge on any atom is 0.152 e. The number of nitrogens with zero attached hydrogens (tertiary/aromatic N) is 1. The quantitative estimate of drug-likeness (QED) is 0.647. The lowest BCUT2D eigenvalue weighted by molar-refractivity contribution is 0.476. The van der Waals surface area contributed by atoms with Gasteiger partial charge in [0, 0.05) is 0 Å². The van der Waals surface area contributed by atoms with Crippen molar-refractivity contribution in [2.45, 2.75) is 16.0 Å². The molecule has 74 valence electrons. The number of rotatable bonds is 2. The summed E-state index contributed by atoms with van der Waals surface area (Å²) in [5, 5.41) is 9.27. The Morgan fingerprint density at radius 3 is 3.07 bits per heavy atom. The van der Waals surface area contributed by atoms with Crippen LogP contribution < -0.4 is 0 Å². The van der Waals surface area contributed by atoms with Gasteiger partial charge in [0.05, 0.1) is 14.9 Å². The van der Waals surface area contributed by atoms with Gasteiger partial charge in [0.25, 0.3) is 0 Å². The van der Waals surface area contributed by atoms with Crippen LogP contribution >= 0.6 is 34.7 Å². The molecule has 0 aliphatic carbocycles. The third kappa shape index (κ3) is 2.13. The smallest absolute Gasteiger partial charge is 0.152 e. The van der Waals surface area contributed by atoms with Crippen LogP contribution in [0.2, 0.25) is 0 Å². The molecule has 1 aromatic carbocycles. The first kappa shape index (κ1) is 10.1. The first-order valence-electron chi connectivity index (χ1n) is 4.05. The SMILES string of the molecule is CC(Cl)Sc1nc2ccc(O)cc2s1. The fourth-order valence-electron chi connectivity index (χ4n) is 1.08. The lowest BCUT2D eigenvalue weighted by atomic mass is 10.3. The van der Waals surface area contributed by atoms with Crippen molar-refractivity contribution < 1.29 is 5.11 Å². The number of thioether (sulfide) groups is 1. The zero-order valence-corrected chi connectivity index (χ0v) is 9.79. The molecule has 0 bridgehead atoms. The summed E-state index contributed by atoms with van der Waals surface area (Å²) >= 11 is 8.92. The van der Waals surface area contributed by atoms with Crippen LogP contribution in [0.1, 0.15) is 6.92 Å². The fourth-order valence-corrected chi connectivity index (χ4v) is 3.55. The van der Waals surface area contributed by atoms with Gasteiger partial charge < -0.3 is 5.11 Å². The molecule has 0 amide bonds. The summed E-state index contributed by atoms with van der Waals surface area (Å²) in [6, 6.07) is 5.17. The highest BCUT2D eigenvalue weighted by molar-refractivity contribution is 8.02. The Bertz CT molecular complexity index is 455. The van der Waals surface area contributed by atoms with Crippen molar-refractivity contribution in [1.29, 1.82) is 0 Å². The van der Waals surface area contributed by atoms with Crippen molar-refractivity contribution in [3.63, 3.8) is 0 Å². The molecule has 0 fully saturated rings. The van der Waals surface area contributed by atoms with E-state index in [1.165, 1.54) is 11.8 Å². The van der Waals surface area contributed by atoms with E-state index in [1.807, 2.05) is 13.0 Å². The van der Waals surface area contributed by atoms with E-state index in [4.69, 9.17) is 11.6 Å². The van der Waals surface area contributed by atoms with E-state index in [2.05, 4.69) is 4.98 Å². The van der Waals surface area contributed by atoms with Gasteiger partial charge in [0.15, 0.2) is 4.34 Å². The number of aromatic hydroxyl groups is 1. The highest BCUT2D eigenvalue weighted by atomic mass is 35.5. The maximum atomic E-state index is 9.27. The molecule has 0 saturated heterocycles. The van der Waals surface area contributed by atoms with Crippen LogP contribution in [0, 0.1) is 0 Å². The summed E-state index contributed by atoms with van der Waals surface area (Å²) in [6.45, 7) is 1.91. The van der Waals surface area contributed by atoms with Gasteiger partial charge in [-0.1, -0.05) is 11.8 Å². The summed E-state index contributed by atoms with van der Waals surface area (Å²) in [7, 11) is 0. The number of thiazole rings is 1. The minimum absolute atomic E-state index is 0.0177. The molecular weight excluding hydrogens is 238 g/mol. The van der Waals surface area contributed by atoms with Crippen LogP contribution in [-0.2, 0) is 0 Å². The van der Waals surface area contributed by atoms with Gasteiger partial charge in [-0.05, 0) is 25.1 Å². The second-order valence-electron chi connectivity index (χ2n) is 2.79. The Morgan fingerprint density at radius 1 is 1.57 bits per heavy atom. The molecular formula is C9H8ClNOS2. The number of phenols is 1. The van der Waals surface area contributed by atoms with E-state index >= 15 is 0 Å². The average molecular weight is 246 g/mol. The van der Waals surface area contributed by atoms with Crippen molar-refractivity contribution >= 4 is 44.9 Å². The summed E-state index contributed by atoms with van der Waals surface area (Å²) in [6.07, 6.45) is 0. The van der Waals surface area contributed by atoms with Gasteiger partial charge in [-0.15, -0.1) is 22.9 Å². The zero-order valence-electron chi connectivity index (χ0n) is 7.40. The van der Waals surface area contributed by atoms with Gasteiger partial charge in [0.2, 0.25) is 0 Å². The largest absolute Gasteiger partial charge is 0.508 e. The molecule has 0 saturated carbocycles. The lowest BCUT2D eigenvalue weighted by Gasteiger charge is -1.94. The van der Waals surface area contributed by atoms with Gasteiger partial charge >= 0.3 is 0 Å². The van der Waals surface area contributed by atoms with Crippen molar-refractivity contribution in [1.82, 2.24) is 4.98 Å². The molecule has 1 atom stereocenters. The molecule has 2 rings (SSSR count). The highest BCUT2D eigenvalue weighted by Crippen LogP contribution is 2.34. The van der Waals surface area contributed by atoms with Crippen LogP contribution in [0.4, 0.5) is 0 Å². The highest BCUT2D eigenvalue weighted by Gasteiger charge is 2.07. The van der Waals surface area contributed by atoms with Crippen molar-refractivity contribution in [2.24, 2.45) is 0 Å². The second kappa shape index (κ2) is 3.96. The zero-order chi connectivity index (χ0) is 10.1. The Morgan fingerprint density at radius 2 is 2.36 bits per heavy atom. The number of aromatic nitrogens is 1. The second-order valence-corrected chi connectivity index (χ2v) is 6.32. The summed E-state index contributed by atoms with van der Waals surface area (Å²) in [5.41, 5.74) is 0.910. The molecule has 0 aliphatic heterocycles. The van der Waals surface area contributed by atoms with Crippen LogP contribution in [0.15, 0.2) is 22.5 Å². The van der Waals surface area contributed by atoms with Gasteiger partial charge in [0.1, 0.15) is 5.75 Å². The molecule has 2 aromatic rings. The monoisotopic (exact) mass is 245 g/mol. The Labute approximate surface area is 94.9 Å². The maximum absolute atomic E-state index is 9.27. The van der Waals surface area contributed by atoms with E-state index in [0.717, 1.165) is 14.6 Å². The minimum atomic E-state index is 0.0177. The van der Waals surface area contributed by atoms with E-state index in [1.54, 1.807) is 23.5 Å². The first-order valence-corrected chi connectivity index (χ1v) is 6.19. The Hall–Kier alpha value is -0.450. The number of phenolic OH excluding ortho intramolecular Hbond substituents is 1. The molecule has 0 radical (unpaired) electrons. The van der Waals surface area contributed by atoms with Gasteiger partial charge in [-0.2, -0.15) is 0 Å². The van der Waals surface area contributed by atoms with Crippen LogP contribution in [-0.4, -0.2) is 14.8 Å². The Kier molecular flexibility index (Phi) is 2.85. The van der Waals surface area contributed by atoms with Gasteiger partial charge in [-0.3, -0.25) is 0 Å². The molecule has 14 heavy (non-hydrogen) atoms. The van der Waals surface area contributed by atoms with Gasteiger partial charge in [-0.25, -0.2) is 4.98 Å². The summed E-state index contributed by atoms with van der Waals surface area (Å²) in [5.74, 6) is 0.275. The van der Waals surface area contributed by atoms with E-state index in [-0.39, 0.29) is 10.5 Å². The predicted octanol–water partition coefficient (Wildman–Crippen LogP) is 3.68. The molecule has 5 heteroatoms. The Balaban J connectivity index is 2.41. The third-order valence-electron chi connectivity index (χ3n) is 1.62. The van der Waals surface area contributed by atoms with E-state index < -0.39 is 0 Å². The molecule has 0 spiro atoms. The first-order chi connectivity index (χ1) is 6.65. The molecule has 2 nitrogen and oxygen atoms in total. The molecule has 1 aromatic heterocycles. The number of fused-ring (bicyclic) bond motifs is 1. The number of alkyl halides is 1. The average Bonchev–Trinajstić information content (AvgIpc) is 2.44. The lowest BCUT2D eigenvalue weighted by Crippen LogP contribution is -1.79. The number of hydrogen-bond donors (Lipinski definition) is 1. The predicted molar refractivity (Wildman–Crippen MR) is 62.5 cm³/mol. The molecule has 0 aliphatic rings. The van der Waals surface area contributed by atoms with Crippen molar-refractivity contribution in [3.05, 3.63) is 18.2 Å². The summed E-state index contributed by atoms with van der Waals surface area (Å²) < 4.78 is 1.95. The van der Waals surface area contributed by atoms with Crippen molar-refractivity contribution in [2.75, 3.05) is 0 Å². The van der Waals surface area contributed by atoms with E-state index in [9.17, 15) is 5.11 Å². The van der Waals surface area contributed by atoms with Crippen LogP contribution in [0.5, 0.6) is 5.75 Å². The summed E-state index contributed by atoms with van der Waals surface area (Å²) in [4.78, 5) is 4.38. The van der Waals surface area contributed by atoms with Crippen LogP contribution in [0.25, 0.3) is 10.2 Å². The number of halogens is 1. The normalized spacial score (nSPS) is 13.3. The molecule has 1 heterocycles. The number of benzene rings is 1. The third-order valence-corrected chi connectivity index (χ3v) is 3.85. The molecule has 1 N–H and O–H groups in total. The number of hydrogen-bond acceptors (Lipinski definition) is 4. The van der Waals surface area contributed by atoms with E-state index in [0.29, 0.717) is 0 Å². The van der Waals surface area contributed by atoms with Crippen LogP contribution in [0.3, 0.4) is 0 Å². The minimum Gasteiger partial charge on any atom is -0.508 e. The fraction of sp³-hybridized carbons (Fsp3) is 0.222.